The number of carbonyl (C=O) groups is 1. The van der Waals surface area contributed by atoms with Gasteiger partial charge >= 0.3 is 5.97 Å². The lowest BCUT2D eigenvalue weighted by molar-refractivity contribution is -0.209. The highest BCUT2D eigenvalue weighted by atomic mass is 16.7. The van der Waals surface area contributed by atoms with Crippen molar-refractivity contribution in [2.45, 2.75) is 51.9 Å². The third-order valence-electron chi connectivity index (χ3n) is 4.32. The molecular formula is C21H30O6. The number of benzene rings is 1. The Labute approximate surface area is 161 Å². The highest BCUT2D eigenvalue weighted by molar-refractivity contribution is 5.79. The molecule has 1 aliphatic rings. The second kappa shape index (κ2) is 10.3. The predicted molar refractivity (Wildman–Crippen MR) is 102 cm³/mol. The van der Waals surface area contributed by atoms with Gasteiger partial charge in [-0.2, -0.15) is 0 Å². The summed E-state index contributed by atoms with van der Waals surface area (Å²) in [6, 6.07) is 7.51. The standard InChI is InChI=1S/C21H30O6/c1-5-24-19-14-16(15-21(3,27-19)20(22)25-6-2)8-7-13-26-18-11-9-17(23-4)10-12-18/h9-12,14,19H,5-8,13,15H2,1-4H3/t19-,21-/m1/s1. The van der Waals surface area contributed by atoms with Crippen LogP contribution in [0.2, 0.25) is 0 Å². The fourth-order valence-corrected chi connectivity index (χ4v) is 3.00. The van der Waals surface area contributed by atoms with Gasteiger partial charge in [-0.25, -0.2) is 4.79 Å². The summed E-state index contributed by atoms with van der Waals surface area (Å²) in [5, 5.41) is 0. The molecule has 0 fully saturated rings. The largest absolute Gasteiger partial charge is 0.497 e. The van der Waals surface area contributed by atoms with E-state index in [0.29, 0.717) is 26.2 Å². The molecule has 2 atom stereocenters. The lowest BCUT2D eigenvalue weighted by atomic mass is 9.91. The van der Waals surface area contributed by atoms with Crippen LogP contribution in [0.25, 0.3) is 0 Å². The molecule has 0 aromatic heterocycles. The number of ether oxygens (including phenoxy) is 5. The second-order valence-corrected chi connectivity index (χ2v) is 6.52. The van der Waals surface area contributed by atoms with Gasteiger partial charge in [0.15, 0.2) is 11.9 Å². The first-order valence-corrected chi connectivity index (χ1v) is 9.43. The first-order valence-electron chi connectivity index (χ1n) is 9.43. The fraction of sp³-hybridized carbons (Fsp3) is 0.571. The minimum atomic E-state index is -1.02. The second-order valence-electron chi connectivity index (χ2n) is 6.52. The molecule has 6 nitrogen and oxygen atoms in total. The quantitative estimate of drug-likeness (QED) is 0.350. The van der Waals surface area contributed by atoms with Crippen LogP contribution in [-0.2, 0) is 19.0 Å². The normalized spacial score (nSPS) is 22.1. The summed E-state index contributed by atoms with van der Waals surface area (Å²) in [6.45, 7) is 6.87. The molecule has 0 saturated carbocycles. The van der Waals surface area contributed by atoms with E-state index in [1.165, 1.54) is 0 Å². The van der Waals surface area contributed by atoms with E-state index in [2.05, 4.69) is 0 Å². The van der Waals surface area contributed by atoms with Gasteiger partial charge in [0.1, 0.15) is 11.5 Å². The number of rotatable bonds is 10. The molecular weight excluding hydrogens is 348 g/mol. The highest BCUT2D eigenvalue weighted by Crippen LogP contribution is 2.32. The minimum absolute atomic E-state index is 0.325. The summed E-state index contributed by atoms with van der Waals surface area (Å²) in [5.74, 6) is 1.25. The highest BCUT2D eigenvalue weighted by Gasteiger charge is 2.41. The van der Waals surface area contributed by atoms with Crippen molar-refractivity contribution in [2.75, 3.05) is 26.9 Å². The van der Waals surface area contributed by atoms with Crippen molar-refractivity contribution in [3.05, 3.63) is 35.9 Å². The maximum atomic E-state index is 12.3. The molecule has 150 valence electrons. The van der Waals surface area contributed by atoms with Crippen LogP contribution in [0.15, 0.2) is 35.9 Å². The molecule has 1 heterocycles. The molecule has 0 spiro atoms. The SMILES string of the molecule is CCOC(=O)[C@@]1(C)CC(CCCOc2ccc(OC)cc2)=C[C@H](OCC)O1. The van der Waals surface area contributed by atoms with Crippen LogP contribution in [0.4, 0.5) is 0 Å². The van der Waals surface area contributed by atoms with Gasteiger partial charge < -0.3 is 23.7 Å². The zero-order valence-electron chi connectivity index (χ0n) is 16.7. The Bertz CT molecular complexity index is 624. The van der Waals surface area contributed by atoms with Crippen molar-refractivity contribution in [1.82, 2.24) is 0 Å². The molecule has 0 aliphatic carbocycles. The molecule has 0 unspecified atom stereocenters. The molecule has 1 aromatic rings. The van der Waals surface area contributed by atoms with Crippen LogP contribution >= 0.6 is 0 Å². The number of hydrogen-bond acceptors (Lipinski definition) is 6. The van der Waals surface area contributed by atoms with E-state index in [1.54, 1.807) is 21.0 Å². The molecule has 2 rings (SSSR count). The molecule has 0 N–H and O–H groups in total. The van der Waals surface area contributed by atoms with E-state index >= 15 is 0 Å². The van der Waals surface area contributed by atoms with E-state index < -0.39 is 11.9 Å². The Morgan fingerprint density at radius 1 is 1.19 bits per heavy atom. The third-order valence-corrected chi connectivity index (χ3v) is 4.32. The number of carbonyl (C=O) groups excluding carboxylic acids is 1. The van der Waals surface area contributed by atoms with Crippen LogP contribution in [0.1, 0.15) is 40.0 Å². The lowest BCUT2D eigenvalue weighted by Gasteiger charge is -2.35. The van der Waals surface area contributed by atoms with Crippen molar-refractivity contribution in [1.29, 1.82) is 0 Å². The van der Waals surface area contributed by atoms with Crippen LogP contribution in [-0.4, -0.2) is 44.8 Å². The smallest absolute Gasteiger partial charge is 0.338 e. The van der Waals surface area contributed by atoms with Crippen LogP contribution in [0.5, 0.6) is 11.5 Å². The zero-order chi connectivity index (χ0) is 19.7. The Morgan fingerprint density at radius 2 is 1.89 bits per heavy atom. The summed E-state index contributed by atoms with van der Waals surface area (Å²) in [5.41, 5.74) is 0.102. The van der Waals surface area contributed by atoms with Gasteiger partial charge in [0.2, 0.25) is 0 Å². The van der Waals surface area contributed by atoms with Crippen LogP contribution < -0.4 is 9.47 Å². The van der Waals surface area contributed by atoms with Gasteiger partial charge in [-0.05, 0) is 64.0 Å². The number of esters is 1. The summed E-state index contributed by atoms with van der Waals surface area (Å²) < 4.78 is 27.5. The van der Waals surface area contributed by atoms with Gasteiger partial charge in [0, 0.05) is 13.0 Å². The topological polar surface area (TPSA) is 63.2 Å². The van der Waals surface area contributed by atoms with Crippen molar-refractivity contribution in [3.8, 4) is 11.5 Å². The van der Waals surface area contributed by atoms with E-state index in [0.717, 1.165) is 29.9 Å². The third kappa shape index (κ3) is 6.26. The predicted octanol–water partition coefficient (Wildman–Crippen LogP) is 3.89. The molecule has 0 amide bonds. The minimum Gasteiger partial charge on any atom is -0.497 e. The summed E-state index contributed by atoms with van der Waals surface area (Å²) in [4.78, 5) is 12.3. The van der Waals surface area contributed by atoms with Gasteiger partial charge in [0.25, 0.3) is 0 Å². The van der Waals surface area contributed by atoms with Crippen LogP contribution in [0.3, 0.4) is 0 Å². The van der Waals surface area contributed by atoms with E-state index in [9.17, 15) is 4.79 Å². The molecule has 27 heavy (non-hydrogen) atoms. The number of methoxy groups -OCH3 is 1. The van der Waals surface area contributed by atoms with Crippen molar-refractivity contribution >= 4 is 5.97 Å². The molecule has 1 aromatic carbocycles. The average Bonchev–Trinajstić information content (AvgIpc) is 2.66. The Kier molecular flexibility index (Phi) is 8.13. The van der Waals surface area contributed by atoms with Gasteiger partial charge in [-0.3, -0.25) is 0 Å². The maximum Gasteiger partial charge on any atom is 0.338 e. The lowest BCUT2D eigenvalue weighted by Crippen LogP contribution is -2.46. The van der Waals surface area contributed by atoms with E-state index in [4.69, 9.17) is 23.7 Å². The molecule has 1 aliphatic heterocycles. The summed E-state index contributed by atoms with van der Waals surface area (Å²) in [6.07, 6.45) is 3.56. The molecule has 0 bridgehead atoms. The van der Waals surface area contributed by atoms with Crippen molar-refractivity contribution in [3.63, 3.8) is 0 Å². The Balaban J connectivity index is 1.89. The summed E-state index contributed by atoms with van der Waals surface area (Å²) in [7, 11) is 1.64. The Morgan fingerprint density at radius 3 is 2.52 bits per heavy atom. The monoisotopic (exact) mass is 378 g/mol. The first kappa shape index (κ1) is 21.3. The fourth-order valence-electron chi connectivity index (χ4n) is 3.00. The van der Waals surface area contributed by atoms with Gasteiger partial charge in [-0.1, -0.05) is 5.57 Å². The van der Waals surface area contributed by atoms with Gasteiger partial charge in [0.05, 0.1) is 20.3 Å². The first-order chi connectivity index (χ1) is 13.0. The Hall–Kier alpha value is -2.05. The number of hydrogen-bond donors (Lipinski definition) is 0. The van der Waals surface area contributed by atoms with E-state index in [1.807, 2.05) is 37.3 Å². The zero-order valence-corrected chi connectivity index (χ0v) is 16.7. The van der Waals surface area contributed by atoms with Gasteiger partial charge in [-0.15, -0.1) is 0 Å². The molecule has 0 saturated heterocycles. The van der Waals surface area contributed by atoms with Crippen molar-refractivity contribution < 1.29 is 28.5 Å². The van der Waals surface area contributed by atoms with E-state index in [-0.39, 0.29) is 5.97 Å². The maximum absolute atomic E-state index is 12.3. The molecule has 6 heteroatoms. The van der Waals surface area contributed by atoms with Crippen LogP contribution in [0, 0.1) is 0 Å². The molecule has 0 radical (unpaired) electrons. The average molecular weight is 378 g/mol. The van der Waals surface area contributed by atoms with Crippen molar-refractivity contribution in [2.24, 2.45) is 0 Å². The summed E-state index contributed by atoms with van der Waals surface area (Å²) >= 11 is 0.